The molecule has 2 N–H and O–H groups in total. The molecule has 1 atom stereocenters. The number of urea groups is 1. The van der Waals surface area contributed by atoms with Crippen molar-refractivity contribution in [3.8, 4) is 0 Å². The van der Waals surface area contributed by atoms with Gasteiger partial charge in [0, 0.05) is 0 Å². The number of barbiturate groups is 1. The molecule has 1 fully saturated rings. The number of imide groups is 2. The summed E-state index contributed by atoms with van der Waals surface area (Å²) in [6, 6.07) is -0.746. The van der Waals surface area contributed by atoms with Crippen molar-refractivity contribution in [1.82, 2.24) is 10.6 Å². The number of amides is 4. The Morgan fingerprint density at radius 2 is 1.53 bits per heavy atom. The van der Waals surface area contributed by atoms with Crippen molar-refractivity contribution in [2.45, 2.75) is 27.7 Å². The number of carbonyl (C=O) groups is 3. The van der Waals surface area contributed by atoms with Crippen LogP contribution in [0.2, 0.25) is 0 Å². The molecule has 1 aliphatic rings. The lowest BCUT2D eigenvalue weighted by Gasteiger charge is -2.40. The maximum Gasteiger partial charge on any atom is 0.328 e. The monoisotopic (exact) mass is 238 g/mol. The van der Waals surface area contributed by atoms with Crippen molar-refractivity contribution in [2.24, 2.45) is 17.3 Å². The predicted octanol–water partition coefficient (Wildman–Crippen LogP) is 1.21. The Balaban J connectivity index is 3.27. The van der Waals surface area contributed by atoms with Crippen LogP contribution in [-0.4, -0.2) is 17.8 Å². The molecular weight excluding hydrogens is 220 g/mol. The van der Waals surface area contributed by atoms with E-state index < -0.39 is 23.3 Å². The van der Waals surface area contributed by atoms with Gasteiger partial charge in [0.25, 0.3) is 0 Å². The first kappa shape index (κ1) is 13.4. The van der Waals surface area contributed by atoms with E-state index in [0.29, 0.717) is 0 Å². The molecule has 0 aromatic heterocycles. The highest BCUT2D eigenvalue weighted by Gasteiger charge is 2.55. The molecule has 0 radical (unpaired) electrons. The SMILES string of the molecule is C/C=C/[C@H](C)C1(C(C)C)C(=O)NC(=O)NC1=O. The summed E-state index contributed by atoms with van der Waals surface area (Å²) in [5.41, 5.74) is -1.22. The van der Waals surface area contributed by atoms with E-state index in [4.69, 9.17) is 0 Å². The Labute approximate surface area is 101 Å². The molecule has 0 aliphatic carbocycles. The van der Waals surface area contributed by atoms with Gasteiger partial charge in [-0.05, 0) is 18.8 Å². The maximum absolute atomic E-state index is 12.1. The molecular formula is C12H18N2O3. The van der Waals surface area contributed by atoms with Crippen molar-refractivity contribution in [2.75, 3.05) is 0 Å². The molecule has 4 amide bonds. The summed E-state index contributed by atoms with van der Waals surface area (Å²) in [5, 5.41) is 4.36. The van der Waals surface area contributed by atoms with Crippen LogP contribution >= 0.6 is 0 Å². The summed E-state index contributed by atoms with van der Waals surface area (Å²) in [5.74, 6) is -1.53. The number of carbonyl (C=O) groups excluding carboxylic acids is 3. The van der Waals surface area contributed by atoms with E-state index in [0.717, 1.165) is 0 Å². The smallest absolute Gasteiger partial charge is 0.277 e. The molecule has 0 bridgehead atoms. The predicted molar refractivity (Wildman–Crippen MR) is 62.9 cm³/mol. The lowest BCUT2D eigenvalue weighted by Crippen LogP contribution is -2.66. The van der Waals surface area contributed by atoms with Crippen molar-refractivity contribution in [3.05, 3.63) is 12.2 Å². The fourth-order valence-electron chi connectivity index (χ4n) is 2.45. The van der Waals surface area contributed by atoms with Gasteiger partial charge in [-0.3, -0.25) is 20.2 Å². The second-order valence-electron chi connectivity index (χ2n) is 4.58. The molecule has 5 heteroatoms. The van der Waals surface area contributed by atoms with E-state index in [9.17, 15) is 14.4 Å². The third-order valence-electron chi connectivity index (χ3n) is 3.32. The lowest BCUT2D eigenvalue weighted by molar-refractivity contribution is -0.150. The summed E-state index contributed by atoms with van der Waals surface area (Å²) >= 11 is 0. The molecule has 1 aliphatic heterocycles. The Morgan fingerprint density at radius 1 is 1.06 bits per heavy atom. The van der Waals surface area contributed by atoms with E-state index >= 15 is 0 Å². The van der Waals surface area contributed by atoms with Crippen LogP contribution in [0.4, 0.5) is 4.79 Å². The van der Waals surface area contributed by atoms with Crippen LogP contribution in [0.15, 0.2) is 12.2 Å². The van der Waals surface area contributed by atoms with Gasteiger partial charge in [0.1, 0.15) is 5.41 Å². The molecule has 0 unspecified atom stereocenters. The fourth-order valence-corrected chi connectivity index (χ4v) is 2.45. The average molecular weight is 238 g/mol. The highest BCUT2D eigenvalue weighted by molar-refractivity contribution is 6.19. The van der Waals surface area contributed by atoms with Gasteiger partial charge >= 0.3 is 6.03 Å². The number of allylic oxidation sites excluding steroid dienone is 2. The molecule has 5 nitrogen and oxygen atoms in total. The van der Waals surface area contributed by atoms with Crippen molar-refractivity contribution < 1.29 is 14.4 Å². The number of rotatable bonds is 3. The molecule has 0 spiro atoms. The molecule has 1 saturated heterocycles. The van der Waals surface area contributed by atoms with Gasteiger partial charge in [-0.1, -0.05) is 32.9 Å². The van der Waals surface area contributed by atoms with Gasteiger partial charge in [-0.15, -0.1) is 0 Å². The van der Waals surface area contributed by atoms with Crippen LogP contribution in [-0.2, 0) is 9.59 Å². The molecule has 0 aromatic carbocycles. The first-order valence-electron chi connectivity index (χ1n) is 5.67. The number of hydrogen-bond acceptors (Lipinski definition) is 3. The lowest BCUT2D eigenvalue weighted by atomic mass is 9.66. The number of hydrogen-bond donors (Lipinski definition) is 2. The largest absolute Gasteiger partial charge is 0.328 e. The molecule has 94 valence electrons. The van der Waals surface area contributed by atoms with Gasteiger partial charge in [0.05, 0.1) is 0 Å². The minimum atomic E-state index is -1.22. The zero-order valence-electron chi connectivity index (χ0n) is 10.5. The van der Waals surface area contributed by atoms with Crippen LogP contribution in [0.3, 0.4) is 0 Å². The van der Waals surface area contributed by atoms with Crippen LogP contribution in [0.25, 0.3) is 0 Å². The zero-order chi connectivity index (χ0) is 13.2. The number of nitrogens with one attached hydrogen (secondary N) is 2. The molecule has 17 heavy (non-hydrogen) atoms. The zero-order valence-corrected chi connectivity index (χ0v) is 10.5. The molecule has 1 heterocycles. The maximum atomic E-state index is 12.1. The third-order valence-corrected chi connectivity index (χ3v) is 3.32. The van der Waals surface area contributed by atoms with Crippen molar-refractivity contribution in [1.29, 1.82) is 0 Å². The van der Waals surface area contributed by atoms with Crippen LogP contribution < -0.4 is 10.6 Å². The Kier molecular flexibility index (Phi) is 3.70. The Hall–Kier alpha value is -1.65. The normalized spacial score (nSPS) is 21.6. The standard InChI is InChI=1S/C12H18N2O3/c1-5-6-8(4)12(7(2)3)9(15)13-11(17)14-10(12)16/h5-8H,1-4H3,(H2,13,14,15,16,17)/b6-5+/t8-/m0/s1. The van der Waals surface area contributed by atoms with Gasteiger partial charge in [0.15, 0.2) is 0 Å². The molecule has 1 rings (SSSR count). The van der Waals surface area contributed by atoms with Gasteiger partial charge in [0.2, 0.25) is 11.8 Å². The summed E-state index contributed by atoms with van der Waals surface area (Å²) in [6.45, 7) is 7.23. The van der Waals surface area contributed by atoms with Gasteiger partial charge in [-0.2, -0.15) is 0 Å². The molecule has 0 saturated carbocycles. The van der Waals surface area contributed by atoms with E-state index in [1.807, 2.05) is 6.92 Å². The Morgan fingerprint density at radius 3 is 1.88 bits per heavy atom. The van der Waals surface area contributed by atoms with E-state index in [2.05, 4.69) is 10.6 Å². The highest BCUT2D eigenvalue weighted by atomic mass is 16.2. The summed E-state index contributed by atoms with van der Waals surface area (Å²) in [7, 11) is 0. The summed E-state index contributed by atoms with van der Waals surface area (Å²) < 4.78 is 0. The Bertz CT molecular complexity index is 365. The van der Waals surface area contributed by atoms with Gasteiger partial charge in [-0.25, -0.2) is 4.79 Å². The van der Waals surface area contributed by atoms with Crippen LogP contribution in [0.5, 0.6) is 0 Å². The minimum Gasteiger partial charge on any atom is -0.277 e. The van der Waals surface area contributed by atoms with Crippen molar-refractivity contribution in [3.63, 3.8) is 0 Å². The first-order chi connectivity index (χ1) is 7.87. The second kappa shape index (κ2) is 4.69. The summed E-state index contributed by atoms with van der Waals surface area (Å²) in [6.07, 6.45) is 3.60. The third kappa shape index (κ3) is 1.97. The summed E-state index contributed by atoms with van der Waals surface area (Å²) in [4.78, 5) is 35.2. The molecule has 0 aromatic rings. The quantitative estimate of drug-likeness (QED) is 0.573. The van der Waals surface area contributed by atoms with E-state index in [1.54, 1.807) is 32.9 Å². The van der Waals surface area contributed by atoms with E-state index in [-0.39, 0.29) is 11.8 Å². The van der Waals surface area contributed by atoms with E-state index in [1.165, 1.54) is 0 Å². The van der Waals surface area contributed by atoms with Gasteiger partial charge < -0.3 is 0 Å². The average Bonchev–Trinajstić information content (AvgIpc) is 2.16. The second-order valence-corrected chi connectivity index (χ2v) is 4.58. The van der Waals surface area contributed by atoms with Crippen molar-refractivity contribution >= 4 is 17.8 Å². The first-order valence-corrected chi connectivity index (χ1v) is 5.67. The fraction of sp³-hybridized carbons (Fsp3) is 0.583. The van der Waals surface area contributed by atoms with Crippen LogP contribution in [0.1, 0.15) is 27.7 Å². The topological polar surface area (TPSA) is 75.3 Å². The highest BCUT2D eigenvalue weighted by Crippen LogP contribution is 2.38. The van der Waals surface area contributed by atoms with Crippen LogP contribution in [0, 0.1) is 17.3 Å². The minimum absolute atomic E-state index is 0.207.